The molecule has 0 bridgehead atoms. The molecule has 1 aromatic heterocycles. The zero-order chi connectivity index (χ0) is 12.3. The minimum Gasteiger partial charge on any atom is -0.337 e. The van der Waals surface area contributed by atoms with Gasteiger partial charge in [0.05, 0.1) is 12.0 Å². The van der Waals surface area contributed by atoms with Crippen LogP contribution < -0.4 is 5.32 Å². The maximum atomic E-state index is 4.11. The molecule has 0 saturated carbocycles. The number of aryl methyl sites for hydroxylation is 2. The predicted molar refractivity (Wildman–Crippen MR) is 69.6 cm³/mol. The Labute approximate surface area is 103 Å². The summed E-state index contributed by atoms with van der Waals surface area (Å²) in [4.78, 5) is 4.11. The molecule has 0 unspecified atom stereocenters. The van der Waals surface area contributed by atoms with Crippen molar-refractivity contribution in [3.63, 3.8) is 0 Å². The topological polar surface area (TPSA) is 29.9 Å². The summed E-state index contributed by atoms with van der Waals surface area (Å²) in [6.45, 7) is 5.13. The molecule has 1 atom stereocenters. The van der Waals surface area contributed by atoms with Crippen molar-refractivity contribution >= 4 is 0 Å². The van der Waals surface area contributed by atoms with Gasteiger partial charge >= 0.3 is 0 Å². The summed E-state index contributed by atoms with van der Waals surface area (Å²) < 4.78 is 2.04. The van der Waals surface area contributed by atoms with E-state index in [2.05, 4.69) is 48.4 Å². The van der Waals surface area contributed by atoms with Gasteiger partial charge in [0, 0.05) is 25.8 Å². The van der Waals surface area contributed by atoms with E-state index in [4.69, 9.17) is 0 Å². The molecule has 0 aliphatic rings. The molecule has 0 radical (unpaired) electrons. The lowest BCUT2D eigenvalue weighted by Crippen LogP contribution is -2.19. The largest absolute Gasteiger partial charge is 0.337 e. The van der Waals surface area contributed by atoms with Gasteiger partial charge in [-0.1, -0.05) is 29.8 Å². The van der Waals surface area contributed by atoms with Gasteiger partial charge < -0.3 is 9.88 Å². The number of benzene rings is 1. The Morgan fingerprint density at radius 3 is 2.59 bits per heavy atom. The maximum absolute atomic E-state index is 4.11. The van der Waals surface area contributed by atoms with Gasteiger partial charge in [-0.3, -0.25) is 0 Å². The highest BCUT2D eigenvalue weighted by molar-refractivity contribution is 5.23. The molecule has 0 aliphatic carbocycles. The lowest BCUT2D eigenvalue weighted by molar-refractivity contribution is 0.558. The molecule has 3 nitrogen and oxygen atoms in total. The van der Waals surface area contributed by atoms with Gasteiger partial charge in [0.15, 0.2) is 0 Å². The van der Waals surface area contributed by atoms with Crippen molar-refractivity contribution in [2.24, 2.45) is 7.05 Å². The second-order valence-corrected chi connectivity index (χ2v) is 4.51. The number of aromatic nitrogens is 2. The van der Waals surface area contributed by atoms with Crippen molar-refractivity contribution in [1.82, 2.24) is 14.9 Å². The van der Waals surface area contributed by atoms with E-state index >= 15 is 0 Å². The van der Waals surface area contributed by atoms with Crippen molar-refractivity contribution in [3.8, 4) is 0 Å². The minimum absolute atomic E-state index is 0.352. The van der Waals surface area contributed by atoms with E-state index in [0.29, 0.717) is 6.04 Å². The van der Waals surface area contributed by atoms with E-state index in [0.717, 1.165) is 6.54 Å². The molecule has 3 heteroatoms. The van der Waals surface area contributed by atoms with Crippen LogP contribution in [0.4, 0.5) is 0 Å². The van der Waals surface area contributed by atoms with E-state index in [1.165, 1.54) is 16.8 Å². The van der Waals surface area contributed by atoms with E-state index < -0.39 is 0 Å². The Morgan fingerprint density at radius 2 is 2.00 bits per heavy atom. The van der Waals surface area contributed by atoms with Crippen LogP contribution in [-0.2, 0) is 13.6 Å². The van der Waals surface area contributed by atoms with Crippen molar-refractivity contribution in [2.75, 3.05) is 0 Å². The van der Waals surface area contributed by atoms with Crippen LogP contribution >= 0.6 is 0 Å². The SMILES string of the molecule is Cc1ccc([C@H](C)NCc2cncn2C)cc1. The minimum atomic E-state index is 0.352. The first-order chi connectivity index (χ1) is 8.16. The molecule has 0 saturated heterocycles. The van der Waals surface area contributed by atoms with Crippen LogP contribution in [0, 0.1) is 6.92 Å². The van der Waals surface area contributed by atoms with E-state index in [9.17, 15) is 0 Å². The van der Waals surface area contributed by atoms with Gasteiger partial charge in [-0.05, 0) is 19.4 Å². The van der Waals surface area contributed by atoms with E-state index in [1.807, 2.05) is 24.1 Å². The molecular weight excluding hydrogens is 210 g/mol. The molecule has 0 amide bonds. The second kappa shape index (κ2) is 5.15. The van der Waals surface area contributed by atoms with Crippen LogP contribution in [0.5, 0.6) is 0 Å². The van der Waals surface area contributed by atoms with Crippen LogP contribution in [0.15, 0.2) is 36.8 Å². The monoisotopic (exact) mass is 229 g/mol. The molecule has 1 aromatic carbocycles. The highest BCUT2D eigenvalue weighted by Crippen LogP contribution is 2.13. The van der Waals surface area contributed by atoms with Gasteiger partial charge in [-0.2, -0.15) is 0 Å². The number of imidazole rings is 1. The fourth-order valence-corrected chi connectivity index (χ4v) is 1.79. The fraction of sp³-hybridized carbons (Fsp3) is 0.357. The van der Waals surface area contributed by atoms with Crippen molar-refractivity contribution in [1.29, 1.82) is 0 Å². The van der Waals surface area contributed by atoms with E-state index in [1.54, 1.807) is 0 Å². The summed E-state index contributed by atoms with van der Waals surface area (Å²) in [5, 5.41) is 3.50. The van der Waals surface area contributed by atoms with Crippen LogP contribution in [0.25, 0.3) is 0 Å². The van der Waals surface area contributed by atoms with Crippen molar-refractivity contribution < 1.29 is 0 Å². The quantitative estimate of drug-likeness (QED) is 0.873. The summed E-state index contributed by atoms with van der Waals surface area (Å²) in [5.74, 6) is 0. The van der Waals surface area contributed by atoms with Crippen LogP contribution in [0.2, 0.25) is 0 Å². The molecule has 1 heterocycles. The third kappa shape index (κ3) is 2.94. The Balaban J connectivity index is 1.95. The average molecular weight is 229 g/mol. The van der Waals surface area contributed by atoms with Gasteiger partial charge in [0.25, 0.3) is 0 Å². The number of hydrogen-bond acceptors (Lipinski definition) is 2. The lowest BCUT2D eigenvalue weighted by atomic mass is 10.1. The summed E-state index contributed by atoms with van der Waals surface area (Å²) in [6, 6.07) is 9.01. The highest BCUT2D eigenvalue weighted by atomic mass is 15.0. The molecule has 0 fully saturated rings. The molecule has 1 N–H and O–H groups in total. The first-order valence-electron chi connectivity index (χ1n) is 5.92. The molecule has 2 rings (SSSR count). The smallest absolute Gasteiger partial charge is 0.0945 e. The predicted octanol–water partition coefficient (Wildman–Crippen LogP) is 2.58. The highest BCUT2D eigenvalue weighted by Gasteiger charge is 2.05. The molecule has 17 heavy (non-hydrogen) atoms. The Bertz CT molecular complexity index is 470. The molecule has 0 spiro atoms. The maximum Gasteiger partial charge on any atom is 0.0945 e. The number of nitrogens with zero attached hydrogens (tertiary/aromatic N) is 2. The Hall–Kier alpha value is -1.61. The van der Waals surface area contributed by atoms with E-state index in [-0.39, 0.29) is 0 Å². The van der Waals surface area contributed by atoms with Gasteiger partial charge in [0.2, 0.25) is 0 Å². The number of rotatable bonds is 4. The molecule has 2 aromatic rings. The Kier molecular flexibility index (Phi) is 3.59. The van der Waals surface area contributed by atoms with Crippen LogP contribution in [-0.4, -0.2) is 9.55 Å². The summed E-state index contributed by atoms with van der Waals surface area (Å²) in [6.07, 6.45) is 3.72. The standard InChI is InChI=1S/C14H19N3/c1-11-4-6-13(7-5-11)12(2)16-9-14-8-15-10-17(14)3/h4-8,10,12,16H,9H2,1-3H3/t12-/m0/s1. The Morgan fingerprint density at radius 1 is 1.29 bits per heavy atom. The zero-order valence-corrected chi connectivity index (χ0v) is 10.6. The van der Waals surface area contributed by atoms with Gasteiger partial charge in [0.1, 0.15) is 0 Å². The number of hydrogen-bond donors (Lipinski definition) is 1. The lowest BCUT2D eigenvalue weighted by Gasteiger charge is -2.14. The molecular formula is C14H19N3. The fourth-order valence-electron chi connectivity index (χ4n) is 1.79. The zero-order valence-electron chi connectivity index (χ0n) is 10.6. The third-order valence-electron chi connectivity index (χ3n) is 3.08. The molecule has 90 valence electrons. The normalized spacial score (nSPS) is 12.6. The van der Waals surface area contributed by atoms with Crippen molar-refractivity contribution in [3.05, 3.63) is 53.6 Å². The average Bonchev–Trinajstić information content (AvgIpc) is 2.73. The summed E-state index contributed by atoms with van der Waals surface area (Å²) in [7, 11) is 2.01. The first-order valence-corrected chi connectivity index (χ1v) is 5.92. The molecule has 0 aliphatic heterocycles. The summed E-state index contributed by atoms with van der Waals surface area (Å²) in [5.41, 5.74) is 3.81. The first kappa shape index (κ1) is 11.9. The second-order valence-electron chi connectivity index (χ2n) is 4.51. The van der Waals surface area contributed by atoms with Crippen LogP contribution in [0.3, 0.4) is 0 Å². The van der Waals surface area contributed by atoms with Gasteiger partial charge in [-0.25, -0.2) is 4.98 Å². The number of nitrogens with one attached hydrogen (secondary N) is 1. The summed E-state index contributed by atoms with van der Waals surface area (Å²) >= 11 is 0. The van der Waals surface area contributed by atoms with Crippen LogP contribution in [0.1, 0.15) is 29.8 Å². The van der Waals surface area contributed by atoms with Gasteiger partial charge in [-0.15, -0.1) is 0 Å². The third-order valence-corrected chi connectivity index (χ3v) is 3.08. The van der Waals surface area contributed by atoms with Crippen molar-refractivity contribution in [2.45, 2.75) is 26.4 Å².